The smallest absolute Gasteiger partial charge is 0.225 e. The first-order valence-electron chi connectivity index (χ1n) is 9.27. The van der Waals surface area contributed by atoms with Crippen LogP contribution in [0.3, 0.4) is 0 Å². The van der Waals surface area contributed by atoms with Crippen LogP contribution in [0, 0.1) is 17.8 Å². The first-order valence-corrected chi connectivity index (χ1v) is 9.27. The third kappa shape index (κ3) is 6.08. The van der Waals surface area contributed by atoms with Gasteiger partial charge in [-0.25, -0.2) is 0 Å². The van der Waals surface area contributed by atoms with E-state index in [-0.39, 0.29) is 35.8 Å². The second-order valence-corrected chi connectivity index (χ2v) is 7.54. The van der Waals surface area contributed by atoms with E-state index in [1.54, 1.807) is 0 Å². The van der Waals surface area contributed by atoms with Gasteiger partial charge < -0.3 is 15.5 Å². The van der Waals surface area contributed by atoms with Crippen LogP contribution in [-0.2, 0) is 4.79 Å². The standard InChI is InChI=1S/C18H34N4O.HI/c1-13(2)17(23)22-10-9-16(12-22)21-18(19-4)20-11-15-8-6-5-7-14(15)3;/h13-16H,5-12H2,1-4H3,(H2,19,20,21);1H. The van der Waals surface area contributed by atoms with E-state index in [9.17, 15) is 4.79 Å². The number of nitrogens with zero attached hydrogens (tertiary/aromatic N) is 2. The second kappa shape index (κ2) is 10.5. The van der Waals surface area contributed by atoms with Gasteiger partial charge in [-0.2, -0.15) is 0 Å². The highest BCUT2D eigenvalue weighted by Gasteiger charge is 2.28. The molecule has 0 radical (unpaired) electrons. The SMILES string of the molecule is CN=C(NCC1CCCCC1C)NC1CCN(C(=O)C(C)C)C1.I. The molecule has 3 atom stereocenters. The van der Waals surface area contributed by atoms with Crippen molar-refractivity contribution in [1.29, 1.82) is 0 Å². The summed E-state index contributed by atoms with van der Waals surface area (Å²) in [6, 6.07) is 0.313. The average Bonchev–Trinajstić information content (AvgIpc) is 3.00. The topological polar surface area (TPSA) is 56.7 Å². The quantitative estimate of drug-likeness (QED) is 0.394. The number of likely N-dealkylation sites (tertiary alicyclic amines) is 1. The maximum Gasteiger partial charge on any atom is 0.225 e. The Morgan fingerprint density at radius 2 is 1.96 bits per heavy atom. The summed E-state index contributed by atoms with van der Waals surface area (Å²) in [6.07, 6.45) is 6.42. The van der Waals surface area contributed by atoms with Crippen molar-refractivity contribution in [2.45, 2.75) is 58.9 Å². The lowest BCUT2D eigenvalue weighted by molar-refractivity contribution is -0.133. The molecule has 0 spiro atoms. The minimum atomic E-state index is 0. The van der Waals surface area contributed by atoms with Gasteiger partial charge in [0.15, 0.2) is 5.96 Å². The van der Waals surface area contributed by atoms with Gasteiger partial charge in [0.05, 0.1) is 0 Å². The van der Waals surface area contributed by atoms with E-state index in [4.69, 9.17) is 0 Å². The fraction of sp³-hybridized carbons (Fsp3) is 0.889. The van der Waals surface area contributed by atoms with Crippen molar-refractivity contribution >= 4 is 35.8 Å². The minimum Gasteiger partial charge on any atom is -0.356 e. The normalized spacial score (nSPS) is 27.8. The molecule has 1 saturated carbocycles. The summed E-state index contributed by atoms with van der Waals surface area (Å²) in [5, 5.41) is 6.99. The molecule has 1 saturated heterocycles. The lowest BCUT2D eigenvalue weighted by Crippen LogP contribution is -2.47. The molecule has 1 aliphatic heterocycles. The molecule has 2 rings (SSSR count). The van der Waals surface area contributed by atoms with Gasteiger partial charge in [-0.05, 0) is 24.7 Å². The Balaban J connectivity index is 0.00000288. The van der Waals surface area contributed by atoms with Crippen LogP contribution in [0.2, 0.25) is 0 Å². The highest BCUT2D eigenvalue weighted by molar-refractivity contribution is 14.0. The number of halogens is 1. The number of amides is 1. The summed E-state index contributed by atoms with van der Waals surface area (Å²) >= 11 is 0. The lowest BCUT2D eigenvalue weighted by atomic mass is 9.80. The van der Waals surface area contributed by atoms with Crippen LogP contribution in [0.25, 0.3) is 0 Å². The Bertz CT molecular complexity index is 427. The van der Waals surface area contributed by atoms with E-state index in [1.165, 1.54) is 25.7 Å². The van der Waals surface area contributed by atoms with Crippen molar-refractivity contribution in [3.05, 3.63) is 0 Å². The molecule has 3 unspecified atom stereocenters. The van der Waals surface area contributed by atoms with Crippen molar-refractivity contribution in [3.8, 4) is 0 Å². The highest BCUT2D eigenvalue weighted by Crippen LogP contribution is 2.28. The molecule has 2 fully saturated rings. The van der Waals surface area contributed by atoms with Crippen molar-refractivity contribution in [2.75, 3.05) is 26.7 Å². The number of carbonyl (C=O) groups excluding carboxylic acids is 1. The van der Waals surface area contributed by atoms with Crippen LogP contribution in [-0.4, -0.2) is 49.5 Å². The van der Waals surface area contributed by atoms with Gasteiger partial charge in [0.25, 0.3) is 0 Å². The van der Waals surface area contributed by atoms with Gasteiger partial charge in [-0.3, -0.25) is 9.79 Å². The molecule has 1 amide bonds. The monoisotopic (exact) mass is 450 g/mol. The molecule has 140 valence electrons. The van der Waals surface area contributed by atoms with Crippen LogP contribution in [0.5, 0.6) is 0 Å². The first-order chi connectivity index (χ1) is 11.0. The molecular weight excluding hydrogens is 415 g/mol. The number of hydrogen-bond donors (Lipinski definition) is 2. The first kappa shape index (κ1) is 21.5. The number of aliphatic imine (C=N–C) groups is 1. The third-order valence-electron chi connectivity index (χ3n) is 5.38. The van der Waals surface area contributed by atoms with Gasteiger partial charge in [0, 0.05) is 38.6 Å². The zero-order valence-electron chi connectivity index (χ0n) is 15.7. The molecule has 0 bridgehead atoms. The Hall–Kier alpha value is -0.530. The van der Waals surface area contributed by atoms with Gasteiger partial charge in [-0.1, -0.05) is 40.0 Å². The van der Waals surface area contributed by atoms with Crippen LogP contribution in [0.1, 0.15) is 52.9 Å². The predicted molar refractivity (Wildman–Crippen MR) is 111 cm³/mol. The summed E-state index contributed by atoms with van der Waals surface area (Å²) < 4.78 is 0. The van der Waals surface area contributed by atoms with Crippen molar-refractivity contribution in [3.63, 3.8) is 0 Å². The molecule has 5 nitrogen and oxygen atoms in total. The summed E-state index contributed by atoms with van der Waals surface area (Å²) in [5.41, 5.74) is 0. The van der Waals surface area contributed by atoms with E-state index in [2.05, 4.69) is 22.5 Å². The van der Waals surface area contributed by atoms with Gasteiger partial charge in [0.1, 0.15) is 0 Å². The summed E-state index contributed by atoms with van der Waals surface area (Å²) in [4.78, 5) is 18.4. The number of rotatable bonds is 4. The molecule has 1 aliphatic carbocycles. The number of guanidine groups is 1. The number of hydrogen-bond acceptors (Lipinski definition) is 2. The summed E-state index contributed by atoms with van der Waals surface area (Å²) in [5.74, 6) is 2.78. The van der Waals surface area contributed by atoms with Gasteiger partial charge >= 0.3 is 0 Å². The third-order valence-corrected chi connectivity index (χ3v) is 5.38. The Morgan fingerprint density at radius 3 is 2.58 bits per heavy atom. The summed E-state index contributed by atoms with van der Waals surface area (Å²) in [6.45, 7) is 8.95. The Kier molecular flexibility index (Phi) is 9.37. The average molecular weight is 450 g/mol. The minimum absolute atomic E-state index is 0. The van der Waals surface area contributed by atoms with Crippen LogP contribution in [0.4, 0.5) is 0 Å². The maximum absolute atomic E-state index is 12.1. The van der Waals surface area contributed by atoms with Crippen molar-refractivity contribution in [1.82, 2.24) is 15.5 Å². The van der Waals surface area contributed by atoms with E-state index in [0.29, 0.717) is 6.04 Å². The van der Waals surface area contributed by atoms with Crippen LogP contribution in [0.15, 0.2) is 4.99 Å². The second-order valence-electron chi connectivity index (χ2n) is 7.54. The fourth-order valence-electron chi connectivity index (χ4n) is 3.76. The molecule has 24 heavy (non-hydrogen) atoms. The largest absolute Gasteiger partial charge is 0.356 e. The molecule has 1 heterocycles. The van der Waals surface area contributed by atoms with Crippen LogP contribution < -0.4 is 10.6 Å². The molecule has 2 aliphatic rings. The van der Waals surface area contributed by atoms with E-state index < -0.39 is 0 Å². The highest BCUT2D eigenvalue weighted by atomic mass is 127. The lowest BCUT2D eigenvalue weighted by Gasteiger charge is -2.29. The van der Waals surface area contributed by atoms with E-state index in [1.807, 2.05) is 25.8 Å². The zero-order chi connectivity index (χ0) is 16.8. The number of nitrogens with one attached hydrogen (secondary N) is 2. The van der Waals surface area contributed by atoms with Gasteiger partial charge in [-0.15, -0.1) is 24.0 Å². The Labute approximate surface area is 164 Å². The molecule has 0 aromatic rings. The van der Waals surface area contributed by atoms with Gasteiger partial charge in [0.2, 0.25) is 5.91 Å². The number of carbonyl (C=O) groups is 1. The Morgan fingerprint density at radius 1 is 1.25 bits per heavy atom. The maximum atomic E-state index is 12.1. The zero-order valence-corrected chi connectivity index (χ0v) is 18.0. The molecule has 2 N–H and O–H groups in total. The predicted octanol–water partition coefficient (Wildman–Crippen LogP) is 2.85. The van der Waals surface area contributed by atoms with Crippen LogP contribution >= 0.6 is 24.0 Å². The van der Waals surface area contributed by atoms with Crippen molar-refractivity contribution < 1.29 is 4.79 Å². The molecule has 6 heteroatoms. The fourth-order valence-corrected chi connectivity index (χ4v) is 3.76. The molecule has 0 aromatic carbocycles. The molecular formula is C18H35IN4O. The molecule has 0 aromatic heterocycles. The van der Waals surface area contributed by atoms with E-state index in [0.717, 1.165) is 43.9 Å². The summed E-state index contributed by atoms with van der Waals surface area (Å²) in [7, 11) is 1.83. The van der Waals surface area contributed by atoms with Crippen molar-refractivity contribution in [2.24, 2.45) is 22.7 Å². The van der Waals surface area contributed by atoms with E-state index >= 15 is 0 Å².